The van der Waals surface area contributed by atoms with Gasteiger partial charge in [-0.15, -0.1) is 0 Å². The Balaban J connectivity index is 2.03. The first-order valence-electron chi connectivity index (χ1n) is 8.75. The van der Waals surface area contributed by atoms with Crippen LogP contribution in [-0.4, -0.2) is 38.6 Å². The summed E-state index contributed by atoms with van der Waals surface area (Å²) >= 11 is 1.45. The van der Waals surface area contributed by atoms with Gasteiger partial charge in [-0.25, -0.2) is 4.98 Å². The average molecular weight is 385 g/mol. The summed E-state index contributed by atoms with van der Waals surface area (Å²) in [6.07, 6.45) is 0.839. The molecule has 0 amide bonds. The Kier molecular flexibility index (Phi) is 5.59. The zero-order chi connectivity index (χ0) is 19.6. The van der Waals surface area contributed by atoms with E-state index in [0.29, 0.717) is 34.4 Å². The molecule has 2 N–H and O–H groups in total. The minimum absolute atomic E-state index is 0.0266. The number of thioether (sulfide) groups is 1. The number of aromatic nitrogens is 5. The number of hydrogen-bond acceptors (Lipinski definition) is 8. The highest BCUT2D eigenvalue weighted by Crippen LogP contribution is 2.32. The standard InChI is InChI=1S/C18H23N7OS/c1-5-10-25-15(26)12-8-6-7-9-13(12)20-18(25)27-11(2)14-21-16(19)23-17(22-14)24(3)4/h6-9,11H,5,10H2,1-4H3,(H2,19,21,22,23). The first-order chi connectivity index (χ1) is 12.9. The fourth-order valence-electron chi connectivity index (χ4n) is 2.65. The van der Waals surface area contributed by atoms with E-state index in [1.165, 1.54) is 11.8 Å². The van der Waals surface area contributed by atoms with Gasteiger partial charge in [-0.2, -0.15) is 15.0 Å². The van der Waals surface area contributed by atoms with Gasteiger partial charge in [0.15, 0.2) is 5.16 Å². The number of anilines is 2. The van der Waals surface area contributed by atoms with Crippen LogP contribution >= 0.6 is 11.8 Å². The highest BCUT2D eigenvalue weighted by Gasteiger charge is 2.19. The van der Waals surface area contributed by atoms with Gasteiger partial charge in [0.2, 0.25) is 11.9 Å². The maximum Gasteiger partial charge on any atom is 0.262 e. The van der Waals surface area contributed by atoms with Crippen LogP contribution in [0.15, 0.2) is 34.2 Å². The summed E-state index contributed by atoms with van der Waals surface area (Å²) in [7, 11) is 3.69. The molecule has 1 atom stereocenters. The van der Waals surface area contributed by atoms with Crippen molar-refractivity contribution in [2.45, 2.75) is 37.2 Å². The topological polar surface area (TPSA) is 103 Å². The highest BCUT2D eigenvalue weighted by molar-refractivity contribution is 7.99. The largest absolute Gasteiger partial charge is 0.368 e. The van der Waals surface area contributed by atoms with Crippen molar-refractivity contribution < 1.29 is 0 Å². The number of benzene rings is 1. The monoisotopic (exact) mass is 385 g/mol. The van der Waals surface area contributed by atoms with Crippen LogP contribution in [0.3, 0.4) is 0 Å². The van der Waals surface area contributed by atoms with Crippen molar-refractivity contribution in [1.82, 2.24) is 24.5 Å². The predicted molar refractivity (Wildman–Crippen MR) is 109 cm³/mol. The van der Waals surface area contributed by atoms with Crippen LogP contribution in [0.4, 0.5) is 11.9 Å². The third kappa shape index (κ3) is 4.02. The van der Waals surface area contributed by atoms with Crippen LogP contribution in [0, 0.1) is 0 Å². The molecule has 1 unspecified atom stereocenters. The van der Waals surface area contributed by atoms with Gasteiger partial charge in [0.05, 0.1) is 16.2 Å². The number of para-hydroxylation sites is 1. The number of hydrogen-bond donors (Lipinski definition) is 1. The molecule has 0 radical (unpaired) electrons. The van der Waals surface area contributed by atoms with Crippen LogP contribution in [0.5, 0.6) is 0 Å². The average Bonchev–Trinajstić information content (AvgIpc) is 2.64. The van der Waals surface area contributed by atoms with E-state index in [4.69, 9.17) is 10.7 Å². The third-order valence-electron chi connectivity index (χ3n) is 3.98. The molecule has 0 aliphatic rings. The van der Waals surface area contributed by atoms with Crippen molar-refractivity contribution in [3.8, 4) is 0 Å². The molecule has 3 rings (SSSR count). The summed E-state index contributed by atoms with van der Waals surface area (Å²) in [6, 6.07) is 7.40. The van der Waals surface area contributed by atoms with Gasteiger partial charge in [-0.1, -0.05) is 30.8 Å². The van der Waals surface area contributed by atoms with E-state index in [2.05, 4.69) is 15.0 Å². The van der Waals surface area contributed by atoms with Gasteiger partial charge in [0.25, 0.3) is 5.56 Å². The van der Waals surface area contributed by atoms with Gasteiger partial charge < -0.3 is 10.6 Å². The lowest BCUT2D eigenvalue weighted by Crippen LogP contribution is -2.23. The molecule has 0 saturated carbocycles. The Morgan fingerprint density at radius 3 is 2.63 bits per heavy atom. The fourth-order valence-corrected chi connectivity index (χ4v) is 3.63. The van der Waals surface area contributed by atoms with Crippen molar-refractivity contribution in [3.63, 3.8) is 0 Å². The summed E-state index contributed by atoms with van der Waals surface area (Å²) < 4.78 is 1.72. The lowest BCUT2D eigenvalue weighted by molar-refractivity contribution is 0.583. The Hall–Kier alpha value is -2.68. The second kappa shape index (κ2) is 7.91. The first kappa shape index (κ1) is 19.1. The third-order valence-corrected chi connectivity index (χ3v) is 5.06. The van der Waals surface area contributed by atoms with Crippen LogP contribution in [-0.2, 0) is 6.54 Å². The van der Waals surface area contributed by atoms with E-state index in [9.17, 15) is 4.79 Å². The Labute approximate surface area is 161 Å². The van der Waals surface area contributed by atoms with Crippen molar-refractivity contribution in [2.75, 3.05) is 24.7 Å². The molecule has 0 fully saturated rings. The maximum atomic E-state index is 12.9. The molecule has 0 bridgehead atoms. The predicted octanol–water partition coefficient (Wildman–Crippen LogP) is 2.49. The summed E-state index contributed by atoms with van der Waals surface area (Å²) in [5, 5.41) is 1.13. The lowest BCUT2D eigenvalue weighted by Gasteiger charge is -2.17. The van der Waals surface area contributed by atoms with Crippen LogP contribution < -0.4 is 16.2 Å². The molecule has 2 aromatic heterocycles. The number of nitrogens with zero attached hydrogens (tertiary/aromatic N) is 6. The molecule has 2 heterocycles. The number of fused-ring (bicyclic) bond motifs is 1. The smallest absolute Gasteiger partial charge is 0.262 e. The van der Waals surface area contributed by atoms with Gasteiger partial charge >= 0.3 is 0 Å². The molecule has 1 aromatic carbocycles. The SMILES string of the molecule is CCCn1c(SC(C)c2nc(N)nc(N(C)C)n2)nc2ccccc2c1=O. The van der Waals surface area contributed by atoms with Gasteiger partial charge in [0.1, 0.15) is 5.82 Å². The fraction of sp³-hybridized carbons (Fsp3) is 0.389. The molecule has 142 valence electrons. The quantitative estimate of drug-likeness (QED) is 0.510. The van der Waals surface area contributed by atoms with E-state index < -0.39 is 0 Å². The summed E-state index contributed by atoms with van der Waals surface area (Å²) in [4.78, 5) is 32.3. The molecule has 9 heteroatoms. The van der Waals surface area contributed by atoms with E-state index in [-0.39, 0.29) is 16.8 Å². The molecule has 0 aliphatic carbocycles. The summed E-state index contributed by atoms with van der Waals surface area (Å²) in [6.45, 7) is 4.61. The molecule has 27 heavy (non-hydrogen) atoms. The molecule has 0 spiro atoms. The zero-order valence-corrected chi connectivity index (χ0v) is 16.7. The molecule has 8 nitrogen and oxygen atoms in total. The van der Waals surface area contributed by atoms with Crippen molar-refractivity contribution >= 4 is 34.6 Å². The normalized spacial score (nSPS) is 12.3. The Morgan fingerprint density at radius 1 is 1.19 bits per heavy atom. The Morgan fingerprint density at radius 2 is 1.93 bits per heavy atom. The van der Waals surface area contributed by atoms with Crippen LogP contribution in [0.2, 0.25) is 0 Å². The summed E-state index contributed by atoms with van der Waals surface area (Å²) in [5.74, 6) is 1.23. The van der Waals surface area contributed by atoms with Crippen molar-refractivity contribution in [1.29, 1.82) is 0 Å². The molecular formula is C18H23N7OS. The van der Waals surface area contributed by atoms with Crippen LogP contribution in [0.25, 0.3) is 10.9 Å². The number of nitrogens with two attached hydrogens (primary N) is 1. The van der Waals surface area contributed by atoms with Crippen LogP contribution in [0.1, 0.15) is 31.3 Å². The van der Waals surface area contributed by atoms with Gasteiger partial charge in [0, 0.05) is 20.6 Å². The molecule has 0 aliphatic heterocycles. The zero-order valence-electron chi connectivity index (χ0n) is 15.9. The van der Waals surface area contributed by atoms with E-state index in [1.54, 1.807) is 9.47 Å². The number of nitrogen functional groups attached to an aromatic ring is 1. The van der Waals surface area contributed by atoms with E-state index in [1.807, 2.05) is 52.2 Å². The molecular weight excluding hydrogens is 362 g/mol. The molecule has 3 aromatic rings. The van der Waals surface area contributed by atoms with E-state index >= 15 is 0 Å². The second-order valence-electron chi connectivity index (χ2n) is 6.37. The second-order valence-corrected chi connectivity index (χ2v) is 7.68. The minimum atomic E-state index is -0.148. The first-order valence-corrected chi connectivity index (χ1v) is 9.63. The maximum absolute atomic E-state index is 12.9. The van der Waals surface area contributed by atoms with E-state index in [0.717, 1.165) is 6.42 Å². The lowest BCUT2D eigenvalue weighted by atomic mass is 10.2. The van der Waals surface area contributed by atoms with Gasteiger partial charge in [-0.05, 0) is 25.5 Å². The highest BCUT2D eigenvalue weighted by atomic mass is 32.2. The Bertz CT molecular complexity index is 1020. The van der Waals surface area contributed by atoms with Crippen molar-refractivity contribution in [2.24, 2.45) is 0 Å². The summed E-state index contributed by atoms with van der Waals surface area (Å²) in [5.41, 5.74) is 6.50. The minimum Gasteiger partial charge on any atom is -0.368 e. The van der Waals surface area contributed by atoms with Crippen molar-refractivity contribution in [3.05, 3.63) is 40.4 Å². The van der Waals surface area contributed by atoms with Gasteiger partial charge in [-0.3, -0.25) is 9.36 Å². The number of rotatable bonds is 6. The molecule has 0 saturated heterocycles.